The molecule has 0 saturated heterocycles. The predicted octanol–water partition coefficient (Wildman–Crippen LogP) is 6.38. The first-order valence-electron chi connectivity index (χ1n) is 15.8. The third kappa shape index (κ3) is 7.81. The van der Waals surface area contributed by atoms with E-state index in [-0.39, 0.29) is 0 Å². The Hall–Kier alpha value is -5.15. The number of aliphatic hydroxyl groups is 1. The fraction of sp³-hybridized carbons (Fsp3) is 0.289. The van der Waals surface area contributed by atoms with Crippen molar-refractivity contribution < 1.29 is 33.7 Å². The van der Waals surface area contributed by atoms with Gasteiger partial charge in [0.1, 0.15) is 35.6 Å². The normalized spacial score (nSPS) is 20.6. The molecule has 1 aliphatic rings. The molecule has 0 aliphatic heterocycles. The van der Waals surface area contributed by atoms with E-state index in [0.717, 1.165) is 5.56 Å². The second kappa shape index (κ2) is 15.0. The summed E-state index contributed by atoms with van der Waals surface area (Å²) in [6.07, 6.45) is -0.399. The van der Waals surface area contributed by atoms with Gasteiger partial charge in [-0.3, -0.25) is 14.4 Å². The maximum atomic E-state index is 14.3. The molecule has 5 rings (SSSR count). The second-order valence-electron chi connectivity index (χ2n) is 11.7. The summed E-state index contributed by atoms with van der Waals surface area (Å²) in [6, 6.07) is 30.6. The number of Topliss-reactive ketones (excluding diaryl/α,β-unsaturated/α-hetero) is 1. The van der Waals surface area contributed by atoms with Gasteiger partial charge in [0, 0.05) is 12.3 Å². The average Bonchev–Trinajstić information content (AvgIpc) is 3.05. The molecular formula is C38H40N2O7. The Balaban J connectivity index is 1.55. The number of ketones is 1. The maximum absolute atomic E-state index is 14.3. The Labute approximate surface area is 274 Å². The van der Waals surface area contributed by atoms with Crippen LogP contribution in [-0.2, 0) is 21.0 Å². The SMILES string of the molecule is CCOc1ccccc1NC(=O)C1C(=O)CC(C)(O)C(C(=O)Nc2ccccc2OCC)C1c1cccc(OCc2ccccc2)c1. The van der Waals surface area contributed by atoms with E-state index in [1.807, 2.05) is 44.2 Å². The van der Waals surface area contributed by atoms with Crippen LogP contribution in [0.4, 0.5) is 11.4 Å². The van der Waals surface area contributed by atoms with Crippen LogP contribution in [0.25, 0.3) is 0 Å². The summed E-state index contributed by atoms with van der Waals surface area (Å²) in [5, 5.41) is 17.6. The van der Waals surface area contributed by atoms with Crippen LogP contribution in [-0.4, -0.2) is 41.5 Å². The summed E-state index contributed by atoms with van der Waals surface area (Å²) in [6.45, 7) is 6.19. The highest BCUT2D eigenvalue weighted by molar-refractivity contribution is 6.11. The number of ether oxygens (including phenoxy) is 3. The second-order valence-corrected chi connectivity index (χ2v) is 11.7. The molecule has 0 aromatic heterocycles. The Morgan fingerprint density at radius 1 is 0.766 bits per heavy atom. The molecule has 4 aromatic carbocycles. The van der Waals surface area contributed by atoms with E-state index in [9.17, 15) is 19.5 Å². The van der Waals surface area contributed by atoms with Crippen molar-refractivity contribution in [2.24, 2.45) is 11.8 Å². The molecule has 0 bridgehead atoms. The van der Waals surface area contributed by atoms with E-state index < -0.39 is 47.4 Å². The zero-order valence-electron chi connectivity index (χ0n) is 26.8. The van der Waals surface area contributed by atoms with Gasteiger partial charge in [-0.25, -0.2) is 0 Å². The van der Waals surface area contributed by atoms with Crippen molar-refractivity contribution in [3.05, 3.63) is 114 Å². The quantitative estimate of drug-likeness (QED) is 0.154. The summed E-state index contributed by atoms with van der Waals surface area (Å²) >= 11 is 0. The van der Waals surface area contributed by atoms with Gasteiger partial charge in [0.15, 0.2) is 0 Å². The molecule has 1 fully saturated rings. The van der Waals surface area contributed by atoms with Crippen molar-refractivity contribution in [3.8, 4) is 17.2 Å². The molecule has 9 heteroatoms. The summed E-state index contributed by atoms with van der Waals surface area (Å²) in [7, 11) is 0. The van der Waals surface area contributed by atoms with E-state index in [2.05, 4.69) is 10.6 Å². The summed E-state index contributed by atoms with van der Waals surface area (Å²) in [5.74, 6) is -3.81. The monoisotopic (exact) mass is 636 g/mol. The standard InChI is InChI=1S/C38H40N2O7/c1-4-45-31-20-11-9-18-28(31)39-36(42)34-30(41)23-38(3,44)35(37(43)40-29-19-10-12-21-32(29)46-5-2)33(34)26-16-13-17-27(22-26)47-24-25-14-7-6-8-15-25/h6-22,33-35,44H,4-5,23-24H2,1-3H3,(H,39,42)(H,40,43). The van der Waals surface area contributed by atoms with Crippen LogP contribution in [0.3, 0.4) is 0 Å². The predicted molar refractivity (Wildman–Crippen MR) is 180 cm³/mol. The van der Waals surface area contributed by atoms with Gasteiger partial charge in [0.2, 0.25) is 11.8 Å². The maximum Gasteiger partial charge on any atom is 0.235 e. The number of carbonyl (C=O) groups is 3. The number of rotatable bonds is 12. The number of carbonyl (C=O) groups excluding carboxylic acids is 3. The summed E-state index contributed by atoms with van der Waals surface area (Å²) < 4.78 is 17.5. The van der Waals surface area contributed by atoms with Gasteiger partial charge in [-0.1, -0.05) is 66.7 Å². The number of benzene rings is 4. The number of hydrogen-bond donors (Lipinski definition) is 3. The molecule has 0 radical (unpaired) electrons. The van der Waals surface area contributed by atoms with Crippen LogP contribution in [0, 0.1) is 11.8 Å². The Bertz CT molecular complexity index is 1710. The number of nitrogens with one attached hydrogen (secondary N) is 2. The first-order chi connectivity index (χ1) is 22.7. The first-order valence-corrected chi connectivity index (χ1v) is 15.8. The van der Waals surface area contributed by atoms with Crippen LogP contribution in [0.5, 0.6) is 17.2 Å². The van der Waals surface area contributed by atoms with Gasteiger partial charge in [0.25, 0.3) is 0 Å². The van der Waals surface area contributed by atoms with Crippen molar-refractivity contribution in [1.29, 1.82) is 0 Å². The van der Waals surface area contributed by atoms with Gasteiger partial charge < -0.3 is 30.0 Å². The minimum absolute atomic E-state index is 0.294. The number of para-hydroxylation sites is 4. The molecule has 0 spiro atoms. The van der Waals surface area contributed by atoms with Gasteiger partial charge in [0.05, 0.1) is 36.1 Å². The van der Waals surface area contributed by atoms with Crippen LogP contribution < -0.4 is 24.8 Å². The topological polar surface area (TPSA) is 123 Å². The van der Waals surface area contributed by atoms with E-state index in [1.54, 1.807) is 72.8 Å². The molecule has 244 valence electrons. The number of anilines is 2. The molecule has 4 aromatic rings. The highest BCUT2D eigenvalue weighted by Crippen LogP contribution is 2.47. The van der Waals surface area contributed by atoms with Crippen molar-refractivity contribution in [2.75, 3.05) is 23.8 Å². The van der Waals surface area contributed by atoms with E-state index in [0.29, 0.717) is 54.0 Å². The lowest BCUT2D eigenvalue weighted by Gasteiger charge is -2.44. The van der Waals surface area contributed by atoms with Crippen LogP contribution in [0.1, 0.15) is 44.2 Å². The third-order valence-electron chi connectivity index (χ3n) is 8.21. The lowest BCUT2D eigenvalue weighted by atomic mass is 9.61. The van der Waals surface area contributed by atoms with Gasteiger partial charge in [-0.05, 0) is 68.3 Å². The zero-order valence-corrected chi connectivity index (χ0v) is 26.8. The molecular weight excluding hydrogens is 596 g/mol. The fourth-order valence-electron chi connectivity index (χ4n) is 6.17. The van der Waals surface area contributed by atoms with Crippen LogP contribution >= 0.6 is 0 Å². The third-order valence-corrected chi connectivity index (χ3v) is 8.21. The van der Waals surface area contributed by atoms with E-state index >= 15 is 0 Å². The van der Waals surface area contributed by atoms with Crippen LogP contribution in [0.2, 0.25) is 0 Å². The van der Waals surface area contributed by atoms with Gasteiger partial charge in [-0.15, -0.1) is 0 Å². The van der Waals surface area contributed by atoms with Gasteiger partial charge in [-0.2, -0.15) is 0 Å². The zero-order chi connectivity index (χ0) is 33.4. The lowest BCUT2D eigenvalue weighted by molar-refractivity contribution is -0.150. The molecule has 4 atom stereocenters. The molecule has 0 heterocycles. The highest BCUT2D eigenvalue weighted by Gasteiger charge is 2.56. The summed E-state index contributed by atoms with van der Waals surface area (Å²) in [5.41, 5.74) is 0.490. The molecule has 9 nitrogen and oxygen atoms in total. The molecule has 47 heavy (non-hydrogen) atoms. The molecule has 4 unspecified atom stereocenters. The minimum atomic E-state index is -1.78. The molecule has 1 saturated carbocycles. The van der Waals surface area contributed by atoms with E-state index in [4.69, 9.17) is 14.2 Å². The number of amides is 2. The first kappa shape index (κ1) is 33.2. The lowest BCUT2D eigenvalue weighted by Crippen LogP contribution is -2.56. The van der Waals surface area contributed by atoms with E-state index in [1.165, 1.54) is 6.92 Å². The largest absolute Gasteiger partial charge is 0.492 e. The number of hydrogen-bond acceptors (Lipinski definition) is 7. The minimum Gasteiger partial charge on any atom is -0.492 e. The Morgan fingerprint density at radius 3 is 1.96 bits per heavy atom. The van der Waals surface area contributed by atoms with Crippen molar-refractivity contribution >= 4 is 29.0 Å². The van der Waals surface area contributed by atoms with Crippen molar-refractivity contribution in [2.45, 2.75) is 45.3 Å². The molecule has 1 aliphatic carbocycles. The Kier molecular flexibility index (Phi) is 10.6. The molecule has 3 N–H and O–H groups in total. The smallest absolute Gasteiger partial charge is 0.235 e. The van der Waals surface area contributed by atoms with Gasteiger partial charge >= 0.3 is 0 Å². The van der Waals surface area contributed by atoms with Crippen molar-refractivity contribution in [1.82, 2.24) is 0 Å². The van der Waals surface area contributed by atoms with Crippen LogP contribution in [0.15, 0.2) is 103 Å². The molecule has 2 amide bonds. The fourth-order valence-corrected chi connectivity index (χ4v) is 6.17. The summed E-state index contributed by atoms with van der Waals surface area (Å²) in [4.78, 5) is 42.3. The van der Waals surface area contributed by atoms with Crippen molar-refractivity contribution in [3.63, 3.8) is 0 Å². The highest BCUT2D eigenvalue weighted by atomic mass is 16.5. The Morgan fingerprint density at radius 2 is 1.34 bits per heavy atom. The average molecular weight is 637 g/mol.